The summed E-state index contributed by atoms with van der Waals surface area (Å²) in [6.07, 6.45) is -2.00. The normalized spacial score (nSPS) is 12.0. The molecule has 0 fully saturated rings. The fraction of sp³-hybridized carbons (Fsp3) is 0.105. The van der Waals surface area contributed by atoms with Gasteiger partial charge >= 0.3 is 12.1 Å². The van der Waals surface area contributed by atoms with Gasteiger partial charge < -0.3 is 9.72 Å². The van der Waals surface area contributed by atoms with Crippen molar-refractivity contribution in [1.29, 1.82) is 0 Å². The smallest absolute Gasteiger partial charge is 0.416 e. The zero-order chi connectivity index (χ0) is 18.9. The third kappa shape index (κ3) is 3.46. The number of methoxy groups -OCH3 is 1. The van der Waals surface area contributed by atoms with Gasteiger partial charge in [-0.05, 0) is 54.1 Å². The Hall–Kier alpha value is -3.09. The molecule has 7 heteroatoms. The highest BCUT2D eigenvalue weighted by Gasteiger charge is 2.31. The number of fused-ring (bicyclic) bond motifs is 1. The van der Waals surface area contributed by atoms with Crippen LogP contribution in [0.4, 0.5) is 17.6 Å². The Kier molecular flexibility index (Phi) is 4.54. The molecule has 26 heavy (non-hydrogen) atoms. The first kappa shape index (κ1) is 17.7. The second kappa shape index (κ2) is 6.67. The summed E-state index contributed by atoms with van der Waals surface area (Å²) in [5.74, 6) is -1.08. The number of carbonyl (C=O) groups is 1. The summed E-state index contributed by atoms with van der Waals surface area (Å²) < 4.78 is 56.9. The number of aromatic nitrogens is 1. The summed E-state index contributed by atoms with van der Waals surface area (Å²) in [5.41, 5.74) is 1.08. The number of aromatic amines is 1. The van der Waals surface area contributed by atoms with Crippen molar-refractivity contribution in [2.75, 3.05) is 7.11 Å². The van der Waals surface area contributed by atoms with E-state index in [2.05, 4.69) is 9.72 Å². The molecule has 0 saturated carbocycles. The van der Waals surface area contributed by atoms with Crippen LogP contribution in [-0.4, -0.2) is 18.1 Å². The molecule has 1 heterocycles. The fourth-order valence-corrected chi connectivity index (χ4v) is 2.63. The van der Waals surface area contributed by atoms with Crippen molar-refractivity contribution in [3.05, 3.63) is 65.5 Å². The topological polar surface area (TPSA) is 42.1 Å². The number of alkyl halides is 3. The van der Waals surface area contributed by atoms with Crippen molar-refractivity contribution < 1.29 is 27.1 Å². The van der Waals surface area contributed by atoms with E-state index in [1.165, 1.54) is 43.5 Å². The summed E-state index contributed by atoms with van der Waals surface area (Å²) in [6.45, 7) is 0. The van der Waals surface area contributed by atoms with Crippen LogP contribution in [0, 0.1) is 5.82 Å². The lowest BCUT2D eigenvalue weighted by Gasteiger charge is -2.06. The summed E-state index contributed by atoms with van der Waals surface area (Å²) in [5, 5.41) is 0.291. The lowest BCUT2D eigenvalue weighted by molar-refractivity contribution is -0.137. The summed E-state index contributed by atoms with van der Waals surface area (Å²) >= 11 is 0. The number of hydrogen-bond donors (Lipinski definition) is 1. The van der Waals surface area contributed by atoms with Crippen molar-refractivity contribution >= 4 is 22.9 Å². The maximum absolute atomic E-state index is 13.2. The SMILES string of the molecule is COC(=O)/C=C/c1c(-c2ccc(F)cc2)[nH]c2ccc(C(F)(F)F)cc12. The van der Waals surface area contributed by atoms with Gasteiger partial charge in [0, 0.05) is 22.5 Å². The highest BCUT2D eigenvalue weighted by molar-refractivity contribution is 6.00. The second-order valence-corrected chi connectivity index (χ2v) is 5.54. The van der Waals surface area contributed by atoms with E-state index in [1.54, 1.807) is 0 Å². The minimum Gasteiger partial charge on any atom is -0.466 e. The van der Waals surface area contributed by atoms with Crippen LogP contribution in [0.2, 0.25) is 0 Å². The Morgan fingerprint density at radius 1 is 1.12 bits per heavy atom. The molecule has 1 N–H and O–H groups in total. The summed E-state index contributed by atoms with van der Waals surface area (Å²) in [4.78, 5) is 14.4. The molecule has 0 saturated heterocycles. The van der Waals surface area contributed by atoms with E-state index in [-0.39, 0.29) is 0 Å². The Morgan fingerprint density at radius 2 is 1.81 bits per heavy atom. The molecular formula is C19H13F4NO2. The first-order valence-electron chi connectivity index (χ1n) is 7.54. The van der Waals surface area contributed by atoms with Gasteiger partial charge in [0.25, 0.3) is 0 Å². The lowest BCUT2D eigenvalue weighted by Crippen LogP contribution is -2.04. The molecule has 2 aromatic carbocycles. The molecule has 0 aliphatic carbocycles. The first-order chi connectivity index (χ1) is 12.3. The molecule has 3 aromatic rings. The second-order valence-electron chi connectivity index (χ2n) is 5.54. The number of esters is 1. The lowest BCUT2D eigenvalue weighted by atomic mass is 10.0. The van der Waals surface area contributed by atoms with Gasteiger partial charge in [-0.15, -0.1) is 0 Å². The highest BCUT2D eigenvalue weighted by atomic mass is 19.4. The number of rotatable bonds is 3. The highest BCUT2D eigenvalue weighted by Crippen LogP contribution is 2.36. The van der Waals surface area contributed by atoms with Gasteiger partial charge in [0.05, 0.1) is 18.4 Å². The van der Waals surface area contributed by atoms with Crippen molar-refractivity contribution in [3.8, 4) is 11.3 Å². The average molecular weight is 363 g/mol. The number of carbonyl (C=O) groups excluding carboxylic acids is 1. The minimum atomic E-state index is -4.50. The Bertz CT molecular complexity index is 985. The molecule has 0 bridgehead atoms. The van der Waals surface area contributed by atoms with Gasteiger partial charge in [-0.25, -0.2) is 9.18 Å². The Balaban J connectivity index is 2.24. The molecule has 1 aromatic heterocycles. The van der Waals surface area contributed by atoms with Gasteiger partial charge in [-0.3, -0.25) is 0 Å². The van der Waals surface area contributed by atoms with Gasteiger partial charge in [-0.1, -0.05) is 0 Å². The van der Waals surface area contributed by atoms with Crippen LogP contribution < -0.4 is 0 Å². The van der Waals surface area contributed by atoms with Crippen LogP contribution in [0.5, 0.6) is 0 Å². The third-order valence-corrected chi connectivity index (χ3v) is 3.89. The van der Waals surface area contributed by atoms with Crippen molar-refractivity contribution in [2.45, 2.75) is 6.18 Å². The first-order valence-corrected chi connectivity index (χ1v) is 7.54. The van der Waals surface area contributed by atoms with Crippen molar-refractivity contribution in [2.24, 2.45) is 0 Å². The molecule has 0 atom stereocenters. The maximum atomic E-state index is 13.2. The van der Waals surface area contributed by atoms with Gasteiger partial charge in [0.2, 0.25) is 0 Å². The average Bonchev–Trinajstić information content (AvgIpc) is 2.97. The molecule has 3 nitrogen and oxygen atoms in total. The van der Waals surface area contributed by atoms with Crippen LogP contribution in [0.1, 0.15) is 11.1 Å². The molecule has 0 aliphatic heterocycles. The van der Waals surface area contributed by atoms with E-state index in [0.29, 0.717) is 27.7 Å². The molecule has 0 amide bonds. The van der Waals surface area contributed by atoms with Crippen LogP contribution in [0.25, 0.3) is 28.2 Å². The zero-order valence-corrected chi connectivity index (χ0v) is 13.5. The van der Waals surface area contributed by atoms with E-state index in [4.69, 9.17) is 0 Å². The van der Waals surface area contributed by atoms with Gasteiger partial charge in [0.1, 0.15) is 5.82 Å². The van der Waals surface area contributed by atoms with Crippen molar-refractivity contribution in [1.82, 2.24) is 4.98 Å². The fourth-order valence-electron chi connectivity index (χ4n) is 2.63. The number of H-pyrrole nitrogens is 1. The number of hydrogen-bond acceptors (Lipinski definition) is 2. The number of nitrogens with one attached hydrogen (secondary N) is 1. The standard InChI is InChI=1S/C19H13F4NO2/c1-26-17(25)9-7-14-15-10-12(19(21,22)23)4-8-16(15)24-18(14)11-2-5-13(20)6-3-11/h2-10,24H,1H3/b9-7+. The monoisotopic (exact) mass is 363 g/mol. The summed E-state index contributed by atoms with van der Waals surface area (Å²) in [6, 6.07) is 8.80. The van der Waals surface area contributed by atoms with Crippen molar-refractivity contribution in [3.63, 3.8) is 0 Å². The quantitative estimate of drug-likeness (QED) is 0.396. The van der Waals surface area contributed by atoms with Crippen LogP contribution >= 0.6 is 0 Å². The molecule has 0 unspecified atom stereocenters. The van der Waals surface area contributed by atoms with E-state index < -0.39 is 23.5 Å². The third-order valence-electron chi connectivity index (χ3n) is 3.89. The predicted molar refractivity (Wildman–Crippen MR) is 89.7 cm³/mol. The van der Waals surface area contributed by atoms with Crippen LogP contribution in [0.3, 0.4) is 0 Å². The van der Waals surface area contributed by atoms with E-state index in [9.17, 15) is 22.4 Å². The Morgan fingerprint density at radius 3 is 2.42 bits per heavy atom. The molecule has 3 rings (SSSR count). The Labute approximate surface area is 145 Å². The molecule has 134 valence electrons. The van der Waals surface area contributed by atoms with Crippen LogP contribution in [0.15, 0.2) is 48.5 Å². The van der Waals surface area contributed by atoms with Crippen LogP contribution in [-0.2, 0) is 15.7 Å². The zero-order valence-electron chi connectivity index (χ0n) is 13.5. The summed E-state index contributed by atoms with van der Waals surface area (Å²) in [7, 11) is 1.20. The molecular weight excluding hydrogens is 350 g/mol. The van der Waals surface area contributed by atoms with Gasteiger partial charge in [-0.2, -0.15) is 13.2 Å². The van der Waals surface area contributed by atoms with E-state index >= 15 is 0 Å². The largest absolute Gasteiger partial charge is 0.466 e. The van der Waals surface area contributed by atoms with Gasteiger partial charge in [0.15, 0.2) is 0 Å². The minimum absolute atomic E-state index is 0.291. The predicted octanol–water partition coefficient (Wildman–Crippen LogP) is 5.18. The maximum Gasteiger partial charge on any atom is 0.416 e. The number of ether oxygens (including phenoxy) is 1. The molecule has 0 spiro atoms. The number of benzene rings is 2. The molecule has 0 radical (unpaired) electrons. The number of halogens is 4. The van der Waals surface area contributed by atoms with E-state index in [0.717, 1.165) is 18.2 Å². The van der Waals surface area contributed by atoms with E-state index in [1.807, 2.05) is 0 Å². The molecule has 0 aliphatic rings.